The van der Waals surface area contributed by atoms with Crippen LogP contribution in [0, 0.1) is 5.41 Å². The van der Waals surface area contributed by atoms with Crippen LogP contribution in [0.4, 0.5) is 0 Å². The molecule has 14 heavy (non-hydrogen) atoms. The molecule has 0 bridgehead atoms. The molecule has 0 saturated heterocycles. The smallest absolute Gasteiger partial charge is 0.0526 e. The van der Waals surface area contributed by atoms with Gasteiger partial charge >= 0.3 is 0 Å². The van der Waals surface area contributed by atoms with Crippen molar-refractivity contribution in [2.75, 3.05) is 13.2 Å². The first kappa shape index (κ1) is 13.9. The normalized spacial score (nSPS) is 20.1. The first-order valence-electron chi connectivity index (χ1n) is 5.46. The van der Waals surface area contributed by atoms with Gasteiger partial charge in [-0.05, 0) is 26.7 Å². The summed E-state index contributed by atoms with van der Waals surface area (Å²) >= 11 is 0. The lowest BCUT2D eigenvalue weighted by Crippen LogP contribution is -2.39. The Labute approximate surface area is 87.5 Å². The first-order chi connectivity index (χ1) is 6.43. The molecule has 3 N–H and O–H groups in total. The van der Waals surface area contributed by atoms with Crippen molar-refractivity contribution in [1.82, 2.24) is 5.32 Å². The first-order valence-corrected chi connectivity index (χ1v) is 5.46. The van der Waals surface area contributed by atoms with Crippen LogP contribution in [0.15, 0.2) is 0 Å². The largest absolute Gasteiger partial charge is 0.396 e. The van der Waals surface area contributed by atoms with Crippen LogP contribution >= 0.6 is 0 Å². The molecule has 0 radical (unpaired) electrons. The zero-order valence-electron chi connectivity index (χ0n) is 9.88. The van der Waals surface area contributed by atoms with E-state index in [-0.39, 0.29) is 18.1 Å². The summed E-state index contributed by atoms with van der Waals surface area (Å²) in [5.41, 5.74) is -0.0348. The summed E-state index contributed by atoms with van der Waals surface area (Å²) in [6.07, 6.45) is 1.45. The van der Waals surface area contributed by atoms with Crippen molar-refractivity contribution in [2.45, 2.75) is 52.7 Å². The second-order valence-corrected chi connectivity index (χ2v) is 4.69. The molecule has 0 aliphatic rings. The summed E-state index contributed by atoms with van der Waals surface area (Å²) in [6, 6.07) is 0.299. The number of aliphatic hydroxyl groups is 2. The molecule has 0 aliphatic carbocycles. The van der Waals surface area contributed by atoms with Gasteiger partial charge in [0.1, 0.15) is 0 Å². The molecular weight excluding hydrogens is 178 g/mol. The molecule has 0 rings (SSSR count). The van der Waals surface area contributed by atoms with E-state index >= 15 is 0 Å². The van der Waals surface area contributed by atoms with Crippen molar-refractivity contribution in [3.05, 3.63) is 0 Å². The van der Waals surface area contributed by atoms with Gasteiger partial charge in [0.2, 0.25) is 0 Å². The van der Waals surface area contributed by atoms with Gasteiger partial charge in [-0.25, -0.2) is 0 Å². The summed E-state index contributed by atoms with van der Waals surface area (Å²) in [5.74, 6) is 0. The molecule has 0 aromatic heterocycles. The number of hydrogen-bond donors (Lipinski definition) is 3. The molecule has 0 saturated carbocycles. The lowest BCUT2D eigenvalue weighted by Gasteiger charge is -2.28. The van der Waals surface area contributed by atoms with Crippen LogP contribution < -0.4 is 5.32 Å². The van der Waals surface area contributed by atoms with Crippen molar-refractivity contribution in [2.24, 2.45) is 5.41 Å². The van der Waals surface area contributed by atoms with Crippen LogP contribution in [0.3, 0.4) is 0 Å². The summed E-state index contributed by atoms with van der Waals surface area (Å²) in [6.45, 7) is 9.00. The maximum Gasteiger partial charge on any atom is 0.0526 e. The third-order valence-electron chi connectivity index (χ3n) is 2.81. The Balaban J connectivity index is 3.79. The van der Waals surface area contributed by atoms with E-state index in [9.17, 15) is 10.2 Å². The molecule has 0 fully saturated rings. The van der Waals surface area contributed by atoms with Crippen molar-refractivity contribution < 1.29 is 10.2 Å². The van der Waals surface area contributed by atoms with Crippen LogP contribution in [0.25, 0.3) is 0 Å². The molecule has 0 heterocycles. The number of nitrogens with one attached hydrogen (secondary N) is 1. The van der Waals surface area contributed by atoms with Gasteiger partial charge < -0.3 is 15.5 Å². The molecular formula is C11H25NO2. The zero-order valence-corrected chi connectivity index (χ0v) is 9.88. The Bertz CT molecular complexity index is 144. The average Bonchev–Trinajstić information content (AvgIpc) is 2.13. The van der Waals surface area contributed by atoms with Gasteiger partial charge in [0.05, 0.1) is 6.10 Å². The predicted octanol–water partition coefficient (Wildman–Crippen LogP) is 1.14. The molecule has 0 aliphatic heterocycles. The molecule has 0 aromatic rings. The summed E-state index contributed by atoms with van der Waals surface area (Å²) in [4.78, 5) is 0. The van der Waals surface area contributed by atoms with Gasteiger partial charge in [-0.15, -0.1) is 0 Å². The van der Waals surface area contributed by atoms with E-state index in [1.54, 1.807) is 6.92 Å². The van der Waals surface area contributed by atoms with Gasteiger partial charge in [-0.2, -0.15) is 0 Å². The summed E-state index contributed by atoms with van der Waals surface area (Å²) in [7, 11) is 0. The SMILES string of the molecule is CCC(C)(CO)CNC(C)CC(C)O. The lowest BCUT2D eigenvalue weighted by atomic mass is 9.88. The van der Waals surface area contributed by atoms with E-state index in [2.05, 4.69) is 26.1 Å². The second-order valence-electron chi connectivity index (χ2n) is 4.69. The highest BCUT2D eigenvalue weighted by atomic mass is 16.3. The van der Waals surface area contributed by atoms with Crippen LogP contribution in [0.5, 0.6) is 0 Å². The molecule has 0 amide bonds. The fourth-order valence-corrected chi connectivity index (χ4v) is 1.31. The standard InChI is InChI=1S/C11H25NO2/c1-5-11(4,8-13)7-12-9(2)6-10(3)14/h9-10,12-14H,5-8H2,1-4H3. The molecule has 3 atom stereocenters. The van der Waals surface area contributed by atoms with Gasteiger partial charge in [0.15, 0.2) is 0 Å². The fraction of sp³-hybridized carbons (Fsp3) is 1.00. The Kier molecular flexibility index (Phi) is 6.33. The molecule has 3 unspecified atom stereocenters. The lowest BCUT2D eigenvalue weighted by molar-refractivity contribution is 0.124. The van der Waals surface area contributed by atoms with Crippen LogP contribution in [0.1, 0.15) is 40.5 Å². The maximum absolute atomic E-state index is 9.19. The van der Waals surface area contributed by atoms with E-state index in [1.807, 2.05) is 0 Å². The second kappa shape index (κ2) is 6.38. The minimum atomic E-state index is -0.264. The monoisotopic (exact) mass is 203 g/mol. The summed E-state index contributed by atoms with van der Waals surface area (Å²) in [5, 5.41) is 21.7. The van der Waals surface area contributed by atoms with E-state index in [4.69, 9.17) is 0 Å². The highest BCUT2D eigenvalue weighted by molar-refractivity contribution is 4.76. The van der Waals surface area contributed by atoms with Crippen molar-refractivity contribution in [3.63, 3.8) is 0 Å². The number of rotatable bonds is 7. The maximum atomic E-state index is 9.19. The van der Waals surface area contributed by atoms with Gasteiger partial charge in [0, 0.05) is 24.6 Å². The minimum Gasteiger partial charge on any atom is -0.396 e. The van der Waals surface area contributed by atoms with Crippen LogP contribution in [-0.4, -0.2) is 35.5 Å². The molecule has 86 valence electrons. The Hall–Kier alpha value is -0.120. The highest BCUT2D eigenvalue weighted by Crippen LogP contribution is 2.18. The summed E-state index contributed by atoms with van der Waals surface area (Å²) < 4.78 is 0. The molecule has 3 heteroatoms. The zero-order chi connectivity index (χ0) is 11.2. The Morgan fingerprint density at radius 1 is 1.36 bits per heavy atom. The minimum absolute atomic E-state index is 0.0348. The van der Waals surface area contributed by atoms with Crippen molar-refractivity contribution >= 4 is 0 Å². The third kappa shape index (κ3) is 5.58. The quantitative estimate of drug-likeness (QED) is 0.581. The Morgan fingerprint density at radius 2 is 1.93 bits per heavy atom. The number of hydrogen-bond acceptors (Lipinski definition) is 3. The predicted molar refractivity (Wildman–Crippen MR) is 59.2 cm³/mol. The van der Waals surface area contributed by atoms with Crippen molar-refractivity contribution in [1.29, 1.82) is 0 Å². The van der Waals surface area contributed by atoms with Crippen molar-refractivity contribution in [3.8, 4) is 0 Å². The molecule has 0 aromatic carbocycles. The van der Waals surface area contributed by atoms with Gasteiger partial charge in [-0.3, -0.25) is 0 Å². The van der Waals surface area contributed by atoms with Crippen LogP contribution in [0.2, 0.25) is 0 Å². The fourth-order valence-electron chi connectivity index (χ4n) is 1.31. The van der Waals surface area contributed by atoms with E-state index < -0.39 is 0 Å². The van der Waals surface area contributed by atoms with E-state index in [0.29, 0.717) is 6.04 Å². The van der Waals surface area contributed by atoms with Crippen LogP contribution in [-0.2, 0) is 0 Å². The third-order valence-corrected chi connectivity index (χ3v) is 2.81. The van der Waals surface area contributed by atoms with Gasteiger partial charge in [-0.1, -0.05) is 13.8 Å². The van der Waals surface area contributed by atoms with E-state index in [0.717, 1.165) is 19.4 Å². The number of aliphatic hydroxyl groups excluding tert-OH is 2. The topological polar surface area (TPSA) is 52.5 Å². The molecule has 3 nitrogen and oxygen atoms in total. The van der Waals surface area contributed by atoms with E-state index in [1.165, 1.54) is 0 Å². The Morgan fingerprint density at radius 3 is 2.29 bits per heavy atom. The average molecular weight is 203 g/mol. The highest BCUT2D eigenvalue weighted by Gasteiger charge is 2.21. The van der Waals surface area contributed by atoms with Gasteiger partial charge in [0.25, 0.3) is 0 Å². The molecule has 0 spiro atoms.